The summed E-state index contributed by atoms with van der Waals surface area (Å²) in [7, 11) is 3.18. The first-order valence-electron chi connectivity index (χ1n) is 8.09. The van der Waals surface area contributed by atoms with Gasteiger partial charge in [0.1, 0.15) is 17.0 Å². The first-order chi connectivity index (χ1) is 12.7. The third-order valence-electron chi connectivity index (χ3n) is 4.19. The Bertz CT molecular complexity index is 952. The van der Waals surface area contributed by atoms with E-state index < -0.39 is 0 Å². The fourth-order valence-electron chi connectivity index (χ4n) is 2.91. The van der Waals surface area contributed by atoms with Gasteiger partial charge in [-0.15, -0.1) is 11.3 Å². The van der Waals surface area contributed by atoms with Crippen molar-refractivity contribution in [3.63, 3.8) is 0 Å². The molecule has 0 bridgehead atoms. The second kappa shape index (κ2) is 6.75. The number of nitrogens with zero attached hydrogens (tertiary/aromatic N) is 5. The lowest BCUT2D eigenvalue weighted by Gasteiger charge is -2.25. The van der Waals surface area contributed by atoms with E-state index in [0.717, 1.165) is 23.5 Å². The van der Waals surface area contributed by atoms with Crippen LogP contribution in [0.1, 0.15) is 16.9 Å². The predicted octanol–water partition coefficient (Wildman–Crippen LogP) is 2.47. The molecule has 4 rings (SSSR count). The van der Waals surface area contributed by atoms with Gasteiger partial charge in [-0.3, -0.25) is 9.69 Å². The number of carbonyl (C=O) groups excluding carboxylic acids is 1. The molecule has 0 radical (unpaired) electrons. The summed E-state index contributed by atoms with van der Waals surface area (Å²) >= 11 is 1.41. The van der Waals surface area contributed by atoms with Crippen LogP contribution < -0.4 is 14.4 Å². The van der Waals surface area contributed by atoms with Crippen molar-refractivity contribution in [3.8, 4) is 22.1 Å². The van der Waals surface area contributed by atoms with Crippen LogP contribution in [-0.4, -0.2) is 46.4 Å². The van der Waals surface area contributed by atoms with E-state index in [1.807, 2.05) is 18.2 Å². The molecule has 9 heteroatoms. The molecular weight excluding hydrogens is 354 g/mol. The van der Waals surface area contributed by atoms with Gasteiger partial charge in [-0.05, 0) is 24.6 Å². The Labute approximate surface area is 154 Å². The third kappa shape index (κ3) is 2.80. The molecule has 1 aliphatic rings. The van der Waals surface area contributed by atoms with Gasteiger partial charge in [-0.2, -0.15) is 10.1 Å². The first kappa shape index (κ1) is 16.5. The Morgan fingerprint density at radius 2 is 2.04 bits per heavy atom. The standard InChI is InChI=1S/C17H17N5O3S/c1-24-13-5-4-11(8-14(13)25-2)15-20-12(9-26-15)16(23)21-6-3-7-22-17(21)18-10-19-22/h4-5,8-10H,3,6-7H2,1-2H3. The molecule has 134 valence electrons. The van der Waals surface area contributed by atoms with Crippen LogP contribution in [0.4, 0.5) is 5.95 Å². The third-order valence-corrected chi connectivity index (χ3v) is 5.08. The average Bonchev–Trinajstić information content (AvgIpc) is 3.36. The molecule has 26 heavy (non-hydrogen) atoms. The number of hydrogen-bond acceptors (Lipinski definition) is 7. The lowest BCUT2D eigenvalue weighted by Crippen LogP contribution is -2.38. The van der Waals surface area contributed by atoms with Crippen LogP contribution in [0.3, 0.4) is 0 Å². The first-order valence-corrected chi connectivity index (χ1v) is 8.97. The number of thiazole rings is 1. The second-order valence-electron chi connectivity index (χ2n) is 5.70. The van der Waals surface area contributed by atoms with E-state index >= 15 is 0 Å². The van der Waals surface area contributed by atoms with Crippen molar-refractivity contribution >= 4 is 23.2 Å². The fourth-order valence-corrected chi connectivity index (χ4v) is 3.70. The number of amides is 1. The SMILES string of the molecule is COc1ccc(-c2nc(C(=O)N3CCCn4ncnc43)cs2)cc1OC. The summed E-state index contributed by atoms with van der Waals surface area (Å²) in [5, 5.41) is 6.65. The van der Waals surface area contributed by atoms with Crippen molar-refractivity contribution in [2.75, 3.05) is 25.7 Å². The number of anilines is 1. The van der Waals surface area contributed by atoms with E-state index in [0.29, 0.717) is 29.7 Å². The molecule has 1 aromatic carbocycles. The second-order valence-corrected chi connectivity index (χ2v) is 6.56. The van der Waals surface area contributed by atoms with E-state index in [4.69, 9.17) is 9.47 Å². The van der Waals surface area contributed by atoms with Gasteiger partial charge in [0, 0.05) is 24.0 Å². The summed E-state index contributed by atoms with van der Waals surface area (Å²) < 4.78 is 12.3. The largest absolute Gasteiger partial charge is 0.493 e. The van der Waals surface area contributed by atoms with Crippen molar-refractivity contribution in [2.45, 2.75) is 13.0 Å². The molecule has 1 aliphatic heterocycles. The maximum atomic E-state index is 12.9. The highest BCUT2D eigenvalue weighted by molar-refractivity contribution is 7.13. The van der Waals surface area contributed by atoms with Crippen LogP contribution in [0, 0.1) is 0 Å². The summed E-state index contributed by atoms with van der Waals surface area (Å²) in [6, 6.07) is 5.57. The van der Waals surface area contributed by atoms with Gasteiger partial charge >= 0.3 is 0 Å². The van der Waals surface area contributed by atoms with Gasteiger partial charge in [0.2, 0.25) is 5.95 Å². The van der Waals surface area contributed by atoms with Gasteiger partial charge in [0.15, 0.2) is 11.5 Å². The lowest BCUT2D eigenvalue weighted by atomic mass is 10.2. The number of hydrogen-bond donors (Lipinski definition) is 0. The molecule has 0 saturated heterocycles. The van der Waals surface area contributed by atoms with Gasteiger partial charge < -0.3 is 9.47 Å². The summed E-state index contributed by atoms with van der Waals surface area (Å²) in [4.78, 5) is 23.2. The van der Waals surface area contributed by atoms with Crippen LogP contribution in [0.5, 0.6) is 11.5 Å². The van der Waals surface area contributed by atoms with Gasteiger partial charge in [-0.25, -0.2) is 9.67 Å². The molecule has 0 fully saturated rings. The van der Waals surface area contributed by atoms with Crippen LogP contribution in [-0.2, 0) is 6.54 Å². The normalized spacial score (nSPS) is 13.4. The highest BCUT2D eigenvalue weighted by Crippen LogP contribution is 2.34. The number of carbonyl (C=O) groups is 1. The Morgan fingerprint density at radius 3 is 2.85 bits per heavy atom. The minimum atomic E-state index is -0.165. The number of rotatable bonds is 4. The Kier molecular flexibility index (Phi) is 4.29. The zero-order chi connectivity index (χ0) is 18.1. The Hall–Kier alpha value is -2.94. The topological polar surface area (TPSA) is 82.4 Å². The van der Waals surface area contributed by atoms with Crippen LogP contribution in [0.25, 0.3) is 10.6 Å². The summed E-state index contributed by atoms with van der Waals surface area (Å²) in [6.07, 6.45) is 2.31. The van der Waals surface area contributed by atoms with Crippen molar-refractivity contribution in [3.05, 3.63) is 35.6 Å². The average molecular weight is 371 g/mol. The zero-order valence-electron chi connectivity index (χ0n) is 14.4. The number of benzene rings is 1. The minimum absolute atomic E-state index is 0.165. The predicted molar refractivity (Wildman–Crippen MR) is 97.0 cm³/mol. The molecule has 0 spiro atoms. The molecule has 8 nitrogen and oxygen atoms in total. The molecule has 0 atom stereocenters. The van der Waals surface area contributed by atoms with E-state index in [1.165, 1.54) is 17.7 Å². The highest BCUT2D eigenvalue weighted by atomic mass is 32.1. The molecule has 0 aliphatic carbocycles. The number of aromatic nitrogens is 4. The molecule has 0 saturated carbocycles. The molecule has 0 N–H and O–H groups in total. The quantitative estimate of drug-likeness (QED) is 0.701. The number of aryl methyl sites for hydroxylation is 1. The molecule has 3 aromatic rings. The summed E-state index contributed by atoms with van der Waals surface area (Å²) in [6.45, 7) is 1.38. The number of fused-ring (bicyclic) bond motifs is 1. The van der Waals surface area contributed by atoms with Crippen LogP contribution >= 0.6 is 11.3 Å². The van der Waals surface area contributed by atoms with Gasteiger partial charge in [0.05, 0.1) is 14.2 Å². The van der Waals surface area contributed by atoms with Crippen molar-refractivity contribution < 1.29 is 14.3 Å². The van der Waals surface area contributed by atoms with Gasteiger partial charge in [-0.1, -0.05) is 0 Å². The van der Waals surface area contributed by atoms with Gasteiger partial charge in [0.25, 0.3) is 5.91 Å². The smallest absolute Gasteiger partial charge is 0.280 e. The van der Waals surface area contributed by atoms with Crippen molar-refractivity contribution in [1.82, 2.24) is 19.7 Å². The van der Waals surface area contributed by atoms with E-state index in [2.05, 4.69) is 15.1 Å². The Morgan fingerprint density at radius 1 is 1.19 bits per heavy atom. The maximum Gasteiger partial charge on any atom is 0.280 e. The lowest BCUT2D eigenvalue weighted by molar-refractivity contribution is 0.0976. The number of ether oxygens (including phenoxy) is 2. The summed E-state index contributed by atoms with van der Waals surface area (Å²) in [5.74, 6) is 1.68. The molecule has 2 aromatic heterocycles. The van der Waals surface area contributed by atoms with E-state index in [1.54, 1.807) is 29.2 Å². The van der Waals surface area contributed by atoms with Crippen LogP contribution in [0.2, 0.25) is 0 Å². The Balaban J connectivity index is 1.62. The molecular formula is C17H17N5O3S. The van der Waals surface area contributed by atoms with Crippen molar-refractivity contribution in [2.24, 2.45) is 0 Å². The number of methoxy groups -OCH3 is 2. The molecule has 1 amide bonds. The van der Waals surface area contributed by atoms with Crippen molar-refractivity contribution in [1.29, 1.82) is 0 Å². The summed E-state index contributed by atoms with van der Waals surface area (Å²) in [5.41, 5.74) is 1.27. The maximum absolute atomic E-state index is 12.9. The fraction of sp³-hybridized carbons (Fsp3) is 0.294. The monoisotopic (exact) mass is 371 g/mol. The van der Waals surface area contributed by atoms with Crippen LogP contribution in [0.15, 0.2) is 29.9 Å². The molecule has 3 heterocycles. The van der Waals surface area contributed by atoms with E-state index in [-0.39, 0.29) is 5.91 Å². The molecule has 0 unspecified atom stereocenters. The highest BCUT2D eigenvalue weighted by Gasteiger charge is 2.27. The van der Waals surface area contributed by atoms with E-state index in [9.17, 15) is 4.79 Å². The zero-order valence-corrected chi connectivity index (χ0v) is 15.2. The minimum Gasteiger partial charge on any atom is -0.493 e.